The molecule has 4 aromatic rings. The van der Waals surface area contributed by atoms with Gasteiger partial charge in [-0.25, -0.2) is 0 Å². The molecule has 7 heteroatoms. The highest BCUT2D eigenvalue weighted by Crippen LogP contribution is 2.54. The zero-order chi connectivity index (χ0) is 27.7. The Morgan fingerprint density at radius 2 is 1.63 bits per heavy atom. The van der Waals surface area contributed by atoms with Gasteiger partial charge in [0.15, 0.2) is 34.5 Å². The van der Waals surface area contributed by atoms with E-state index in [9.17, 15) is 10.2 Å². The van der Waals surface area contributed by atoms with E-state index < -0.39 is 0 Å². The van der Waals surface area contributed by atoms with Gasteiger partial charge in [0, 0.05) is 29.8 Å². The fraction of sp³-hybridized carbons (Fsp3) is 0.294. The predicted octanol–water partition coefficient (Wildman–Crippen LogP) is 6.09. The molecule has 0 fully saturated rings. The van der Waals surface area contributed by atoms with Crippen LogP contribution in [0.5, 0.6) is 40.2 Å². The summed E-state index contributed by atoms with van der Waals surface area (Å²) in [6.45, 7) is 1.66. The molecule has 3 N–H and O–H groups in total. The Hall–Kier alpha value is -4.04. The molecule has 7 bridgehead atoms. The van der Waals surface area contributed by atoms with Gasteiger partial charge in [0.25, 0.3) is 0 Å². The van der Waals surface area contributed by atoms with E-state index in [2.05, 4.69) is 47.6 Å². The van der Waals surface area contributed by atoms with E-state index in [4.69, 9.17) is 14.2 Å². The molecule has 7 nitrogen and oxygen atoms in total. The van der Waals surface area contributed by atoms with E-state index in [1.54, 1.807) is 6.07 Å². The van der Waals surface area contributed by atoms with Gasteiger partial charge in [0.1, 0.15) is 5.75 Å². The number of fused-ring (bicyclic) bond motifs is 2. The number of ether oxygens (including phenoxy) is 3. The summed E-state index contributed by atoms with van der Waals surface area (Å²) in [6.07, 6.45) is 3.28. The van der Waals surface area contributed by atoms with E-state index in [1.807, 2.05) is 24.3 Å². The highest BCUT2D eigenvalue weighted by atomic mass is 16.6. The van der Waals surface area contributed by atoms with Crippen LogP contribution in [0.2, 0.25) is 0 Å². The number of phenolic OH excluding ortho intramolecular Hbond substituents is 1. The van der Waals surface area contributed by atoms with Crippen molar-refractivity contribution in [2.75, 3.05) is 20.1 Å². The molecule has 2 atom stereocenters. The van der Waals surface area contributed by atoms with Gasteiger partial charge in [0.2, 0.25) is 0 Å². The molecule has 0 spiro atoms. The van der Waals surface area contributed by atoms with Crippen LogP contribution in [0.4, 0.5) is 0 Å². The third-order valence-corrected chi connectivity index (χ3v) is 9.04. The zero-order valence-electron chi connectivity index (χ0n) is 22.9. The second kappa shape index (κ2) is 9.52. The number of hydrogen-bond acceptors (Lipinski definition) is 7. The first-order valence-corrected chi connectivity index (χ1v) is 14.4. The average molecular weight is 549 g/mol. The maximum atomic E-state index is 10.6. The SMILES string of the molecule is CN1CCc2cc(CO)c3c4c2[C@@H]1Cc1ccc(cc1)Oc1cc(ccc1O)C[C@@H]1NCCc2cc(c(cc21)O4)O3. The Morgan fingerprint density at radius 3 is 2.49 bits per heavy atom. The van der Waals surface area contributed by atoms with Gasteiger partial charge in [0.05, 0.1) is 6.61 Å². The quantitative estimate of drug-likeness (QED) is 0.234. The smallest absolute Gasteiger partial charge is 0.176 e. The van der Waals surface area contributed by atoms with Gasteiger partial charge in [-0.15, -0.1) is 0 Å². The standard InChI is InChI=1S/C34H32N2O5/c1-36-11-9-22-15-23(18-37)33-34-32(22)27(36)13-19-2-5-24(6-3-19)39-29-14-20(4-7-28(29)38)12-26-25-17-31(41-34)30(40-33)16-21(25)8-10-35-26/h2-7,14-17,26-27,35,37-38H,8-13,18H2,1H3/t26-,27-/m0/s1. The summed E-state index contributed by atoms with van der Waals surface area (Å²) in [7, 11) is 2.16. The number of hydrogen-bond donors (Lipinski definition) is 3. The molecular formula is C34H32N2O5. The molecule has 41 heavy (non-hydrogen) atoms. The maximum Gasteiger partial charge on any atom is 0.176 e. The minimum atomic E-state index is -0.109. The summed E-state index contributed by atoms with van der Waals surface area (Å²) in [6, 6.07) is 20.2. The lowest BCUT2D eigenvalue weighted by molar-refractivity contribution is 0.219. The molecule has 0 amide bonds. The molecule has 0 aromatic heterocycles. The van der Waals surface area contributed by atoms with Crippen LogP contribution in [0.25, 0.3) is 0 Å². The van der Waals surface area contributed by atoms with Crippen molar-refractivity contribution in [1.29, 1.82) is 0 Å². The third kappa shape index (κ3) is 4.15. The van der Waals surface area contributed by atoms with E-state index in [-0.39, 0.29) is 24.4 Å². The first-order chi connectivity index (χ1) is 20.0. The number of aromatic hydroxyl groups is 1. The lowest BCUT2D eigenvalue weighted by atomic mass is 9.86. The Morgan fingerprint density at radius 1 is 0.829 bits per heavy atom. The van der Waals surface area contributed by atoms with Gasteiger partial charge in [-0.1, -0.05) is 18.2 Å². The van der Waals surface area contributed by atoms with Crippen molar-refractivity contribution in [1.82, 2.24) is 10.2 Å². The highest BCUT2D eigenvalue weighted by Gasteiger charge is 2.36. The molecule has 0 saturated carbocycles. The molecule has 0 radical (unpaired) electrons. The fourth-order valence-electron chi connectivity index (χ4n) is 6.86. The van der Waals surface area contributed by atoms with Crippen LogP contribution < -0.4 is 19.5 Å². The molecule has 0 saturated heterocycles. The van der Waals surface area contributed by atoms with Crippen molar-refractivity contribution < 1.29 is 24.4 Å². The molecule has 5 aliphatic rings. The number of likely N-dealkylation sites (N-methyl/N-ethyl adjacent to an activating group) is 1. The van der Waals surface area contributed by atoms with Crippen molar-refractivity contribution in [2.24, 2.45) is 0 Å². The summed E-state index contributed by atoms with van der Waals surface area (Å²) < 4.78 is 19.6. The number of rotatable bonds is 1. The highest BCUT2D eigenvalue weighted by molar-refractivity contribution is 5.65. The number of aliphatic hydroxyl groups is 1. The van der Waals surface area contributed by atoms with Crippen LogP contribution in [0.15, 0.2) is 60.7 Å². The summed E-state index contributed by atoms with van der Waals surface area (Å²) in [5, 5.41) is 24.6. The molecule has 0 aliphatic carbocycles. The molecular weight excluding hydrogens is 516 g/mol. The minimum Gasteiger partial charge on any atom is -0.504 e. The molecule has 5 heterocycles. The van der Waals surface area contributed by atoms with Crippen LogP contribution in [-0.2, 0) is 32.3 Å². The first kappa shape index (κ1) is 24.7. The second-order valence-electron chi connectivity index (χ2n) is 11.6. The van der Waals surface area contributed by atoms with Crippen LogP contribution >= 0.6 is 0 Å². The second-order valence-corrected chi connectivity index (χ2v) is 11.6. The van der Waals surface area contributed by atoms with Crippen molar-refractivity contribution in [2.45, 2.75) is 44.4 Å². The van der Waals surface area contributed by atoms with Crippen LogP contribution in [0.1, 0.15) is 51.0 Å². The van der Waals surface area contributed by atoms with E-state index >= 15 is 0 Å². The van der Waals surface area contributed by atoms with Gasteiger partial charge in [-0.05, 0) is 110 Å². The van der Waals surface area contributed by atoms with Crippen LogP contribution in [0, 0.1) is 0 Å². The zero-order valence-corrected chi connectivity index (χ0v) is 22.9. The van der Waals surface area contributed by atoms with Crippen LogP contribution in [-0.4, -0.2) is 35.3 Å². The monoisotopic (exact) mass is 548 g/mol. The molecule has 9 rings (SSSR count). The number of nitrogens with one attached hydrogen (secondary N) is 1. The maximum absolute atomic E-state index is 10.6. The Labute approximate surface area is 238 Å². The normalized spacial score (nSPS) is 20.4. The van der Waals surface area contributed by atoms with Crippen molar-refractivity contribution in [3.8, 4) is 40.2 Å². The Balaban J connectivity index is 1.32. The topological polar surface area (TPSA) is 83.4 Å². The summed E-state index contributed by atoms with van der Waals surface area (Å²) in [5.41, 5.74) is 7.74. The van der Waals surface area contributed by atoms with Crippen LogP contribution in [0.3, 0.4) is 0 Å². The minimum absolute atomic E-state index is 0.0705. The lowest BCUT2D eigenvalue weighted by Gasteiger charge is -2.38. The molecule has 208 valence electrons. The van der Waals surface area contributed by atoms with Gasteiger partial charge < -0.3 is 29.7 Å². The first-order valence-electron chi connectivity index (χ1n) is 14.4. The fourth-order valence-corrected chi connectivity index (χ4v) is 6.86. The number of aliphatic hydroxyl groups excluding tert-OH is 1. The number of phenols is 1. The molecule has 0 unspecified atom stereocenters. The van der Waals surface area contributed by atoms with E-state index in [1.165, 1.54) is 22.3 Å². The van der Waals surface area contributed by atoms with Gasteiger partial charge in [-0.2, -0.15) is 0 Å². The predicted molar refractivity (Wildman–Crippen MR) is 155 cm³/mol. The number of nitrogens with zero attached hydrogens (tertiary/aromatic N) is 1. The van der Waals surface area contributed by atoms with Gasteiger partial charge >= 0.3 is 0 Å². The lowest BCUT2D eigenvalue weighted by Crippen LogP contribution is -2.34. The average Bonchev–Trinajstić information content (AvgIpc) is 2.98. The van der Waals surface area contributed by atoms with Crippen molar-refractivity contribution >= 4 is 0 Å². The van der Waals surface area contributed by atoms with E-state index in [0.29, 0.717) is 28.7 Å². The summed E-state index contributed by atoms with van der Waals surface area (Å²) in [4.78, 5) is 2.37. The molecule has 5 aliphatic heterocycles. The molecule has 4 aromatic carbocycles. The summed E-state index contributed by atoms with van der Waals surface area (Å²) >= 11 is 0. The largest absolute Gasteiger partial charge is 0.504 e. The van der Waals surface area contributed by atoms with Gasteiger partial charge in [-0.3, -0.25) is 4.90 Å². The van der Waals surface area contributed by atoms with Crippen molar-refractivity contribution in [3.05, 3.63) is 99.6 Å². The Bertz CT molecular complexity index is 1680. The third-order valence-electron chi connectivity index (χ3n) is 9.04. The Kier molecular flexibility index (Phi) is 5.74. The summed E-state index contributed by atoms with van der Waals surface area (Å²) in [5.74, 6) is 3.99. The number of benzene rings is 4. The van der Waals surface area contributed by atoms with E-state index in [0.717, 1.165) is 61.2 Å². The van der Waals surface area contributed by atoms with Crippen molar-refractivity contribution in [3.63, 3.8) is 0 Å².